The Balaban J connectivity index is 2.10. The van der Waals surface area contributed by atoms with E-state index >= 15 is 0 Å². The lowest BCUT2D eigenvalue weighted by molar-refractivity contribution is -0.394. The van der Waals surface area contributed by atoms with Gasteiger partial charge in [0.25, 0.3) is 11.4 Å². The van der Waals surface area contributed by atoms with Crippen LogP contribution in [0.2, 0.25) is 13.1 Å². The summed E-state index contributed by atoms with van der Waals surface area (Å²) in [5.41, 5.74) is -0.326. The molecule has 0 spiro atoms. The average molecular weight is 348 g/mol. The van der Waals surface area contributed by atoms with E-state index < -0.39 is 18.9 Å². The molecule has 0 aromatic heterocycles. The van der Waals surface area contributed by atoms with Gasteiger partial charge in [-0.25, -0.2) is 0 Å². The molecule has 0 aliphatic heterocycles. The van der Waals surface area contributed by atoms with Crippen LogP contribution in [0.15, 0.2) is 42.5 Å². The molecule has 2 aromatic rings. The van der Waals surface area contributed by atoms with E-state index in [-0.39, 0.29) is 18.0 Å². The SMILES string of the molecule is C[SiH](C)Oc1ccc(OCc2cc([N+](=O)[O-])cc([N+](=O)[O-])c2)cc1. The molecule has 8 nitrogen and oxygen atoms in total. The fraction of sp³-hybridized carbons (Fsp3) is 0.200. The molecular formula is C15H16N2O6Si. The minimum absolute atomic E-state index is 0.0122. The van der Waals surface area contributed by atoms with Crippen LogP contribution in [0.5, 0.6) is 11.5 Å². The van der Waals surface area contributed by atoms with Crippen LogP contribution < -0.4 is 9.16 Å². The van der Waals surface area contributed by atoms with E-state index in [1.165, 1.54) is 12.1 Å². The Morgan fingerprint density at radius 2 is 1.42 bits per heavy atom. The molecule has 0 heterocycles. The topological polar surface area (TPSA) is 105 Å². The van der Waals surface area contributed by atoms with E-state index in [9.17, 15) is 20.2 Å². The smallest absolute Gasteiger partial charge is 0.276 e. The lowest BCUT2D eigenvalue weighted by atomic mass is 10.2. The first-order chi connectivity index (χ1) is 11.3. The Labute approximate surface area is 139 Å². The van der Waals surface area contributed by atoms with Gasteiger partial charge in [0.15, 0.2) is 0 Å². The highest BCUT2D eigenvalue weighted by Gasteiger charge is 2.16. The molecule has 0 N–H and O–H groups in total. The minimum atomic E-state index is -1.18. The summed E-state index contributed by atoms with van der Waals surface area (Å²) in [6.07, 6.45) is 0. The summed E-state index contributed by atoms with van der Waals surface area (Å²) in [5.74, 6) is 1.30. The van der Waals surface area contributed by atoms with Gasteiger partial charge in [-0.3, -0.25) is 20.2 Å². The van der Waals surface area contributed by atoms with E-state index in [0.717, 1.165) is 11.8 Å². The van der Waals surface area contributed by atoms with Gasteiger partial charge >= 0.3 is 0 Å². The van der Waals surface area contributed by atoms with Crippen molar-refractivity contribution < 1.29 is 19.0 Å². The molecule has 0 saturated heterocycles. The van der Waals surface area contributed by atoms with Crippen LogP contribution in [0.3, 0.4) is 0 Å². The van der Waals surface area contributed by atoms with Gasteiger partial charge in [-0.1, -0.05) is 0 Å². The summed E-state index contributed by atoms with van der Waals surface area (Å²) in [6.45, 7) is 4.10. The first-order valence-electron chi connectivity index (χ1n) is 7.17. The number of nitro benzene ring substituents is 2. The van der Waals surface area contributed by atoms with Crippen LogP contribution in [-0.4, -0.2) is 18.9 Å². The van der Waals surface area contributed by atoms with Gasteiger partial charge in [-0.15, -0.1) is 0 Å². The number of benzene rings is 2. The summed E-state index contributed by atoms with van der Waals surface area (Å²) < 4.78 is 11.2. The fourth-order valence-electron chi connectivity index (χ4n) is 2.00. The molecule has 2 aromatic carbocycles. The highest BCUT2D eigenvalue weighted by Crippen LogP contribution is 2.24. The molecule has 0 aliphatic carbocycles. The maximum Gasteiger partial charge on any atom is 0.276 e. The number of nitrogens with zero attached hydrogens (tertiary/aromatic N) is 2. The van der Waals surface area contributed by atoms with E-state index in [1.54, 1.807) is 24.3 Å². The van der Waals surface area contributed by atoms with Crippen molar-refractivity contribution >= 4 is 20.4 Å². The second kappa shape index (κ2) is 7.55. The molecule has 0 atom stereocenters. The predicted molar refractivity (Wildman–Crippen MR) is 90.0 cm³/mol. The van der Waals surface area contributed by atoms with Gasteiger partial charge in [0, 0.05) is 17.7 Å². The monoisotopic (exact) mass is 348 g/mol. The van der Waals surface area contributed by atoms with Crippen molar-refractivity contribution in [1.29, 1.82) is 0 Å². The number of hydrogen-bond acceptors (Lipinski definition) is 6. The standard InChI is InChI=1S/C15H16N2O6Si/c1-24(2)23-15-5-3-14(4-6-15)22-10-11-7-12(16(18)19)9-13(8-11)17(20)21/h3-9,24H,10H2,1-2H3. The predicted octanol–water partition coefficient (Wildman–Crippen LogP) is 3.44. The first-order valence-corrected chi connectivity index (χ1v) is 9.95. The van der Waals surface area contributed by atoms with Crippen molar-refractivity contribution in [3.8, 4) is 11.5 Å². The molecule has 0 saturated carbocycles. The van der Waals surface area contributed by atoms with Crippen molar-refractivity contribution in [2.45, 2.75) is 19.7 Å². The Morgan fingerprint density at radius 1 is 0.917 bits per heavy atom. The van der Waals surface area contributed by atoms with E-state index in [2.05, 4.69) is 13.1 Å². The summed E-state index contributed by atoms with van der Waals surface area (Å²) in [4.78, 5) is 20.4. The molecule has 0 amide bonds. The van der Waals surface area contributed by atoms with Crippen molar-refractivity contribution in [3.63, 3.8) is 0 Å². The quantitative estimate of drug-likeness (QED) is 0.431. The third kappa shape index (κ3) is 4.78. The van der Waals surface area contributed by atoms with Crippen molar-refractivity contribution in [1.82, 2.24) is 0 Å². The first kappa shape index (κ1) is 17.4. The molecule has 24 heavy (non-hydrogen) atoms. The minimum Gasteiger partial charge on any atom is -0.547 e. The summed E-state index contributed by atoms with van der Waals surface area (Å²) >= 11 is 0. The molecule has 0 fully saturated rings. The number of rotatable bonds is 7. The Hall–Kier alpha value is -2.94. The van der Waals surface area contributed by atoms with E-state index in [4.69, 9.17) is 9.16 Å². The fourth-order valence-corrected chi connectivity index (χ4v) is 2.71. The van der Waals surface area contributed by atoms with Gasteiger partial charge in [0.05, 0.1) is 15.9 Å². The Morgan fingerprint density at radius 3 is 1.88 bits per heavy atom. The largest absolute Gasteiger partial charge is 0.547 e. The van der Waals surface area contributed by atoms with Gasteiger partial charge in [-0.05, 0) is 37.4 Å². The van der Waals surface area contributed by atoms with Crippen LogP contribution in [0.1, 0.15) is 5.56 Å². The zero-order valence-electron chi connectivity index (χ0n) is 13.2. The number of non-ortho nitro benzene ring substituents is 2. The van der Waals surface area contributed by atoms with Gasteiger partial charge < -0.3 is 9.16 Å². The number of hydrogen-bond donors (Lipinski definition) is 0. The highest BCUT2D eigenvalue weighted by molar-refractivity contribution is 6.49. The molecule has 126 valence electrons. The highest BCUT2D eigenvalue weighted by atomic mass is 28.3. The number of nitro groups is 2. The maximum atomic E-state index is 10.9. The normalized spacial score (nSPS) is 10.5. The van der Waals surface area contributed by atoms with Crippen LogP contribution in [0.4, 0.5) is 11.4 Å². The lowest BCUT2D eigenvalue weighted by Gasteiger charge is -2.10. The van der Waals surface area contributed by atoms with Crippen LogP contribution in [0, 0.1) is 20.2 Å². The summed E-state index contributed by atoms with van der Waals surface area (Å²) in [7, 11) is -1.18. The second-order valence-corrected chi connectivity index (χ2v) is 7.63. The number of ether oxygens (including phenoxy) is 1. The third-order valence-corrected chi connectivity index (χ3v) is 3.73. The van der Waals surface area contributed by atoms with Crippen LogP contribution in [-0.2, 0) is 6.61 Å². The Bertz CT molecular complexity index is 716. The summed E-state index contributed by atoms with van der Waals surface area (Å²) in [6, 6.07) is 10.4. The van der Waals surface area contributed by atoms with E-state index in [1.807, 2.05) is 0 Å². The van der Waals surface area contributed by atoms with Crippen molar-refractivity contribution in [2.75, 3.05) is 0 Å². The molecule has 2 rings (SSSR count). The van der Waals surface area contributed by atoms with Gasteiger partial charge in [-0.2, -0.15) is 0 Å². The van der Waals surface area contributed by atoms with E-state index in [0.29, 0.717) is 11.3 Å². The zero-order chi connectivity index (χ0) is 17.7. The van der Waals surface area contributed by atoms with Crippen LogP contribution in [0.25, 0.3) is 0 Å². The molecule has 0 radical (unpaired) electrons. The molecule has 0 aliphatic rings. The van der Waals surface area contributed by atoms with Gasteiger partial charge in [0.1, 0.15) is 18.1 Å². The summed E-state index contributed by atoms with van der Waals surface area (Å²) in [5, 5.41) is 21.7. The molecule has 9 heteroatoms. The third-order valence-electron chi connectivity index (χ3n) is 2.98. The maximum absolute atomic E-state index is 10.9. The molecule has 0 bridgehead atoms. The lowest BCUT2D eigenvalue weighted by Crippen LogP contribution is -2.10. The van der Waals surface area contributed by atoms with Crippen molar-refractivity contribution in [3.05, 3.63) is 68.3 Å². The molecule has 0 unspecified atom stereocenters. The zero-order valence-corrected chi connectivity index (χ0v) is 14.3. The average Bonchev–Trinajstić information content (AvgIpc) is 2.53. The van der Waals surface area contributed by atoms with Gasteiger partial charge in [0.2, 0.25) is 9.04 Å². The van der Waals surface area contributed by atoms with Crippen LogP contribution >= 0.6 is 0 Å². The molecular weight excluding hydrogens is 332 g/mol. The van der Waals surface area contributed by atoms with Crippen molar-refractivity contribution in [2.24, 2.45) is 0 Å². The Kier molecular flexibility index (Phi) is 5.48. The second-order valence-electron chi connectivity index (χ2n) is 5.30.